The average molecular weight is 560 g/mol. The number of amides is 1. The van der Waals surface area contributed by atoms with E-state index in [4.69, 9.17) is 21.1 Å². The number of nitrogens with zero attached hydrogens (tertiary/aromatic N) is 1. The van der Waals surface area contributed by atoms with E-state index >= 15 is 0 Å². The maximum atomic E-state index is 13.4. The summed E-state index contributed by atoms with van der Waals surface area (Å²) >= 11 is 7.77. The van der Waals surface area contributed by atoms with Gasteiger partial charge in [-0.2, -0.15) is 5.26 Å². The zero-order valence-electron chi connectivity index (χ0n) is 21.4. The van der Waals surface area contributed by atoms with Gasteiger partial charge in [0.1, 0.15) is 5.75 Å². The molecule has 39 heavy (non-hydrogen) atoms. The summed E-state index contributed by atoms with van der Waals surface area (Å²) in [6, 6.07) is 25.7. The van der Waals surface area contributed by atoms with Crippen molar-refractivity contribution < 1.29 is 19.1 Å². The van der Waals surface area contributed by atoms with E-state index in [0.717, 1.165) is 5.56 Å². The molecule has 9 heteroatoms. The third kappa shape index (κ3) is 6.45. The van der Waals surface area contributed by atoms with E-state index in [2.05, 4.69) is 16.7 Å². The van der Waals surface area contributed by atoms with Crippen molar-refractivity contribution in [2.75, 3.05) is 24.8 Å². The summed E-state index contributed by atoms with van der Waals surface area (Å²) in [5.74, 6) is -0.993. The number of halogens is 1. The minimum absolute atomic E-state index is 0.0107. The van der Waals surface area contributed by atoms with Gasteiger partial charge in [-0.05, 0) is 36.2 Å². The maximum absolute atomic E-state index is 13.4. The summed E-state index contributed by atoms with van der Waals surface area (Å²) in [7, 11) is 1.55. The first-order valence-corrected chi connectivity index (χ1v) is 13.5. The SMILES string of the molecule is CCOC(=O)C1=C(c2ccccc2)NC(SCC(=O)Nc2cccc(OC)c2)=C(C#N)[C@H]1c1ccccc1Cl. The van der Waals surface area contributed by atoms with E-state index in [0.29, 0.717) is 32.7 Å². The van der Waals surface area contributed by atoms with Crippen LogP contribution in [0.15, 0.2) is 95.0 Å². The van der Waals surface area contributed by atoms with Gasteiger partial charge in [-0.25, -0.2) is 4.79 Å². The predicted octanol–water partition coefficient (Wildman–Crippen LogP) is 6.12. The van der Waals surface area contributed by atoms with Crippen LogP contribution in [0.4, 0.5) is 5.69 Å². The Bertz CT molecular complexity index is 1480. The largest absolute Gasteiger partial charge is 0.497 e. The Hall–Kier alpha value is -4.19. The molecule has 0 aromatic heterocycles. The van der Waals surface area contributed by atoms with Gasteiger partial charge >= 0.3 is 5.97 Å². The molecule has 3 aromatic carbocycles. The molecule has 0 spiro atoms. The van der Waals surface area contributed by atoms with Gasteiger partial charge in [0.05, 0.1) is 53.3 Å². The third-order valence-corrected chi connectivity index (χ3v) is 7.29. The Morgan fingerprint density at radius 2 is 1.82 bits per heavy atom. The summed E-state index contributed by atoms with van der Waals surface area (Å²) in [4.78, 5) is 26.2. The van der Waals surface area contributed by atoms with Gasteiger partial charge in [0.2, 0.25) is 5.91 Å². The number of nitrogens with one attached hydrogen (secondary N) is 2. The van der Waals surface area contributed by atoms with Crippen LogP contribution in [0.2, 0.25) is 5.02 Å². The number of carbonyl (C=O) groups is 2. The van der Waals surface area contributed by atoms with E-state index in [1.54, 1.807) is 62.6 Å². The first kappa shape index (κ1) is 27.8. The normalized spacial score (nSPS) is 14.8. The van der Waals surface area contributed by atoms with Crippen molar-refractivity contribution in [2.24, 2.45) is 0 Å². The second-order valence-corrected chi connectivity index (χ2v) is 9.77. The number of methoxy groups -OCH3 is 1. The van der Waals surface area contributed by atoms with Crippen LogP contribution in [0.25, 0.3) is 5.70 Å². The highest BCUT2D eigenvalue weighted by atomic mass is 35.5. The van der Waals surface area contributed by atoms with Crippen LogP contribution in [-0.2, 0) is 14.3 Å². The standard InChI is InChI=1S/C30H26ClN3O4S/c1-3-38-30(36)27-26(22-14-7-8-15-24(22)31)23(17-32)29(34-28(27)19-10-5-4-6-11-19)39-18-25(35)33-20-12-9-13-21(16-20)37-2/h4-16,26,34H,3,18H2,1-2H3,(H,33,35)/t26-/m1/s1. The molecular weight excluding hydrogens is 534 g/mol. The van der Waals surface area contributed by atoms with Crippen molar-refractivity contribution in [3.05, 3.63) is 111 Å². The van der Waals surface area contributed by atoms with E-state index in [-0.39, 0.29) is 29.4 Å². The lowest BCUT2D eigenvalue weighted by molar-refractivity contribution is -0.138. The second kappa shape index (κ2) is 13.1. The van der Waals surface area contributed by atoms with Gasteiger partial charge < -0.3 is 20.1 Å². The first-order valence-electron chi connectivity index (χ1n) is 12.2. The zero-order chi connectivity index (χ0) is 27.8. The number of allylic oxidation sites excluding steroid dienone is 1. The van der Waals surface area contributed by atoms with Crippen molar-refractivity contribution in [3.63, 3.8) is 0 Å². The summed E-state index contributed by atoms with van der Waals surface area (Å²) in [5, 5.41) is 17.3. The van der Waals surface area contributed by atoms with Gasteiger partial charge in [0.25, 0.3) is 0 Å². The van der Waals surface area contributed by atoms with Crippen LogP contribution in [0.3, 0.4) is 0 Å². The van der Waals surface area contributed by atoms with Crippen LogP contribution in [0, 0.1) is 11.3 Å². The molecule has 0 fully saturated rings. The fourth-order valence-corrected chi connectivity index (χ4v) is 5.30. The van der Waals surface area contributed by atoms with Gasteiger partial charge in [0, 0.05) is 16.8 Å². The molecule has 1 heterocycles. The topological polar surface area (TPSA) is 100 Å². The Balaban J connectivity index is 1.75. The van der Waals surface area contributed by atoms with Crippen LogP contribution in [-0.4, -0.2) is 31.3 Å². The number of thioether (sulfide) groups is 1. The molecule has 0 saturated carbocycles. The molecule has 1 amide bonds. The molecule has 7 nitrogen and oxygen atoms in total. The van der Waals surface area contributed by atoms with Crippen molar-refractivity contribution in [1.29, 1.82) is 5.26 Å². The lowest BCUT2D eigenvalue weighted by atomic mass is 9.81. The van der Waals surface area contributed by atoms with E-state index in [9.17, 15) is 14.9 Å². The van der Waals surface area contributed by atoms with Gasteiger partial charge in [0.15, 0.2) is 0 Å². The molecule has 1 atom stereocenters. The molecule has 0 bridgehead atoms. The highest BCUT2D eigenvalue weighted by Crippen LogP contribution is 2.45. The number of carbonyl (C=O) groups excluding carboxylic acids is 2. The van der Waals surface area contributed by atoms with Crippen LogP contribution < -0.4 is 15.4 Å². The van der Waals surface area contributed by atoms with Crippen molar-refractivity contribution in [1.82, 2.24) is 5.32 Å². The molecular formula is C30H26ClN3O4S. The molecule has 1 aliphatic heterocycles. The summed E-state index contributed by atoms with van der Waals surface area (Å²) in [6.07, 6.45) is 0. The smallest absolute Gasteiger partial charge is 0.337 e. The van der Waals surface area contributed by atoms with Gasteiger partial charge in [-0.3, -0.25) is 4.79 Å². The number of ether oxygens (including phenoxy) is 2. The van der Waals surface area contributed by atoms with Crippen LogP contribution in [0.1, 0.15) is 24.0 Å². The third-order valence-electron chi connectivity index (χ3n) is 5.93. The minimum atomic E-state index is -0.803. The maximum Gasteiger partial charge on any atom is 0.337 e. The lowest BCUT2D eigenvalue weighted by Crippen LogP contribution is -2.30. The Labute approximate surface area is 236 Å². The Morgan fingerprint density at radius 3 is 2.51 bits per heavy atom. The van der Waals surface area contributed by atoms with E-state index < -0.39 is 11.9 Å². The van der Waals surface area contributed by atoms with E-state index in [1.807, 2.05) is 30.3 Å². The summed E-state index contributed by atoms with van der Waals surface area (Å²) in [6.45, 7) is 1.89. The second-order valence-electron chi connectivity index (χ2n) is 8.38. The molecule has 3 aromatic rings. The van der Waals surface area contributed by atoms with Crippen molar-refractivity contribution in [3.8, 4) is 11.8 Å². The monoisotopic (exact) mass is 559 g/mol. The molecule has 0 aliphatic carbocycles. The Kier molecular flexibility index (Phi) is 9.31. The quantitative estimate of drug-likeness (QED) is 0.305. The fraction of sp³-hybridized carbons (Fsp3) is 0.167. The molecule has 0 radical (unpaired) electrons. The lowest BCUT2D eigenvalue weighted by Gasteiger charge is -2.31. The van der Waals surface area contributed by atoms with Crippen molar-refractivity contribution in [2.45, 2.75) is 12.8 Å². The van der Waals surface area contributed by atoms with Gasteiger partial charge in [-0.1, -0.05) is 78.0 Å². The predicted molar refractivity (Wildman–Crippen MR) is 154 cm³/mol. The van der Waals surface area contributed by atoms with Crippen molar-refractivity contribution >= 4 is 46.6 Å². The van der Waals surface area contributed by atoms with E-state index in [1.165, 1.54) is 11.8 Å². The Morgan fingerprint density at radius 1 is 1.08 bits per heavy atom. The number of rotatable bonds is 9. The molecule has 2 N–H and O–H groups in total. The molecule has 0 unspecified atom stereocenters. The zero-order valence-corrected chi connectivity index (χ0v) is 22.9. The highest BCUT2D eigenvalue weighted by Gasteiger charge is 2.38. The van der Waals surface area contributed by atoms with Crippen LogP contribution >= 0.6 is 23.4 Å². The summed E-state index contributed by atoms with van der Waals surface area (Å²) in [5.41, 5.74) is 2.95. The molecule has 198 valence electrons. The highest BCUT2D eigenvalue weighted by molar-refractivity contribution is 8.03. The number of hydrogen-bond donors (Lipinski definition) is 2. The minimum Gasteiger partial charge on any atom is -0.497 e. The number of hydrogen-bond acceptors (Lipinski definition) is 7. The number of esters is 1. The fourth-order valence-electron chi connectivity index (χ4n) is 4.21. The number of nitriles is 1. The number of benzene rings is 3. The summed E-state index contributed by atoms with van der Waals surface area (Å²) < 4.78 is 10.7. The average Bonchev–Trinajstić information content (AvgIpc) is 2.96. The molecule has 4 rings (SSSR count). The number of anilines is 1. The molecule has 1 aliphatic rings. The molecule has 0 saturated heterocycles. The van der Waals surface area contributed by atoms with Gasteiger partial charge in [-0.15, -0.1) is 0 Å². The van der Waals surface area contributed by atoms with Crippen LogP contribution in [0.5, 0.6) is 5.75 Å². The number of dihydropyridines is 1. The first-order chi connectivity index (χ1) is 19.0.